The fourth-order valence-electron chi connectivity index (χ4n) is 2.75. The van der Waals surface area contributed by atoms with Gasteiger partial charge in [0.25, 0.3) is 5.91 Å². The first kappa shape index (κ1) is 16.1. The average Bonchev–Trinajstić information content (AvgIpc) is 2.63. The van der Waals surface area contributed by atoms with E-state index < -0.39 is 5.91 Å². The van der Waals surface area contributed by atoms with E-state index in [2.05, 4.69) is 43.4 Å². The molecule has 0 atom stereocenters. The van der Waals surface area contributed by atoms with E-state index in [1.54, 1.807) is 18.5 Å². The lowest BCUT2D eigenvalue weighted by Gasteiger charge is -2.33. The van der Waals surface area contributed by atoms with Gasteiger partial charge in [0.1, 0.15) is 18.0 Å². The second kappa shape index (κ2) is 7.20. The maximum atomic E-state index is 11.0. The lowest BCUT2D eigenvalue weighted by atomic mass is 10.0. The SMILES string of the molecule is CCc1cc(N2CCC(Nc3ccc(C(N)=O)nn3)CC2)ncn1. The number of hydrogen-bond donors (Lipinski definition) is 2. The third-order valence-corrected chi connectivity index (χ3v) is 4.16. The monoisotopic (exact) mass is 327 g/mol. The molecule has 0 unspecified atom stereocenters. The number of carbonyl (C=O) groups is 1. The molecule has 3 N–H and O–H groups in total. The molecular formula is C16H21N7O. The van der Waals surface area contributed by atoms with Crippen molar-refractivity contribution in [2.45, 2.75) is 32.2 Å². The van der Waals surface area contributed by atoms with Gasteiger partial charge in [0.05, 0.1) is 0 Å². The van der Waals surface area contributed by atoms with Gasteiger partial charge >= 0.3 is 0 Å². The summed E-state index contributed by atoms with van der Waals surface area (Å²) in [6.45, 7) is 3.93. The van der Waals surface area contributed by atoms with Crippen molar-refractivity contribution >= 4 is 17.5 Å². The highest BCUT2D eigenvalue weighted by molar-refractivity contribution is 5.90. The maximum Gasteiger partial charge on any atom is 0.269 e. The summed E-state index contributed by atoms with van der Waals surface area (Å²) in [4.78, 5) is 21.9. The Hall–Kier alpha value is -2.77. The zero-order valence-corrected chi connectivity index (χ0v) is 13.6. The van der Waals surface area contributed by atoms with Crippen molar-refractivity contribution in [3.05, 3.63) is 35.9 Å². The molecule has 8 nitrogen and oxygen atoms in total. The summed E-state index contributed by atoms with van der Waals surface area (Å²) in [5.41, 5.74) is 6.39. The van der Waals surface area contributed by atoms with Gasteiger partial charge in [-0.05, 0) is 31.4 Å². The van der Waals surface area contributed by atoms with Gasteiger partial charge < -0.3 is 16.0 Å². The molecular weight excluding hydrogens is 306 g/mol. The van der Waals surface area contributed by atoms with E-state index in [9.17, 15) is 4.79 Å². The van der Waals surface area contributed by atoms with Crippen LogP contribution < -0.4 is 16.0 Å². The molecule has 0 radical (unpaired) electrons. The Bertz CT molecular complexity index is 696. The van der Waals surface area contributed by atoms with E-state index in [4.69, 9.17) is 5.73 Å². The highest BCUT2D eigenvalue weighted by atomic mass is 16.1. The van der Waals surface area contributed by atoms with E-state index in [1.807, 2.05) is 0 Å². The molecule has 1 saturated heterocycles. The Morgan fingerprint density at radius 1 is 1.29 bits per heavy atom. The summed E-state index contributed by atoms with van der Waals surface area (Å²) in [6, 6.07) is 5.70. The molecule has 1 aliphatic rings. The van der Waals surface area contributed by atoms with Crippen LogP contribution in [0.1, 0.15) is 35.9 Å². The summed E-state index contributed by atoms with van der Waals surface area (Å²) in [6.07, 6.45) is 4.50. The highest BCUT2D eigenvalue weighted by Gasteiger charge is 2.20. The van der Waals surface area contributed by atoms with Crippen molar-refractivity contribution in [3.8, 4) is 0 Å². The molecule has 0 saturated carbocycles. The smallest absolute Gasteiger partial charge is 0.269 e. The van der Waals surface area contributed by atoms with Gasteiger partial charge in [-0.15, -0.1) is 10.2 Å². The number of piperidine rings is 1. The van der Waals surface area contributed by atoms with Crippen molar-refractivity contribution in [1.29, 1.82) is 0 Å². The zero-order chi connectivity index (χ0) is 16.9. The van der Waals surface area contributed by atoms with Crippen molar-refractivity contribution in [2.24, 2.45) is 5.73 Å². The van der Waals surface area contributed by atoms with Crippen LogP contribution in [0.3, 0.4) is 0 Å². The first-order chi connectivity index (χ1) is 11.7. The predicted molar refractivity (Wildman–Crippen MR) is 90.8 cm³/mol. The van der Waals surface area contributed by atoms with E-state index in [0.717, 1.165) is 43.9 Å². The van der Waals surface area contributed by atoms with Crippen LogP contribution in [-0.4, -0.2) is 45.2 Å². The Kier molecular flexibility index (Phi) is 4.83. The Balaban J connectivity index is 1.55. The van der Waals surface area contributed by atoms with Gasteiger partial charge in [-0.25, -0.2) is 9.97 Å². The molecule has 24 heavy (non-hydrogen) atoms. The summed E-state index contributed by atoms with van der Waals surface area (Å²) >= 11 is 0. The van der Waals surface area contributed by atoms with Crippen molar-refractivity contribution in [3.63, 3.8) is 0 Å². The minimum Gasteiger partial charge on any atom is -0.366 e. The summed E-state index contributed by atoms with van der Waals surface area (Å²) in [5.74, 6) is 1.08. The van der Waals surface area contributed by atoms with Crippen LogP contribution >= 0.6 is 0 Å². The second-order valence-electron chi connectivity index (χ2n) is 5.79. The second-order valence-corrected chi connectivity index (χ2v) is 5.79. The molecule has 0 bridgehead atoms. The van der Waals surface area contributed by atoms with Gasteiger partial charge in [-0.1, -0.05) is 6.92 Å². The molecule has 2 aromatic heterocycles. The van der Waals surface area contributed by atoms with Crippen molar-refractivity contribution in [2.75, 3.05) is 23.3 Å². The number of anilines is 2. The van der Waals surface area contributed by atoms with Gasteiger partial charge in [0.2, 0.25) is 0 Å². The van der Waals surface area contributed by atoms with E-state index in [-0.39, 0.29) is 5.69 Å². The first-order valence-corrected chi connectivity index (χ1v) is 8.11. The molecule has 1 fully saturated rings. The Labute approximate surface area is 140 Å². The average molecular weight is 327 g/mol. The minimum absolute atomic E-state index is 0.172. The molecule has 2 aromatic rings. The highest BCUT2D eigenvalue weighted by Crippen LogP contribution is 2.20. The van der Waals surface area contributed by atoms with Gasteiger partial charge in [-0.3, -0.25) is 4.79 Å². The number of nitrogens with two attached hydrogens (primary N) is 1. The molecule has 3 heterocycles. The molecule has 3 rings (SSSR count). The molecule has 126 valence electrons. The molecule has 1 amide bonds. The number of aryl methyl sites for hydroxylation is 1. The van der Waals surface area contributed by atoms with Gasteiger partial charge in [0.15, 0.2) is 5.69 Å². The van der Waals surface area contributed by atoms with Gasteiger partial charge in [-0.2, -0.15) is 0 Å². The van der Waals surface area contributed by atoms with E-state index in [1.165, 1.54) is 0 Å². The Morgan fingerprint density at radius 3 is 2.71 bits per heavy atom. The molecule has 0 aliphatic carbocycles. The van der Waals surface area contributed by atoms with Crippen LogP contribution in [0.4, 0.5) is 11.6 Å². The number of nitrogens with zero attached hydrogens (tertiary/aromatic N) is 5. The number of hydrogen-bond acceptors (Lipinski definition) is 7. The van der Waals surface area contributed by atoms with Crippen LogP contribution in [0.25, 0.3) is 0 Å². The zero-order valence-electron chi connectivity index (χ0n) is 13.6. The molecule has 0 spiro atoms. The van der Waals surface area contributed by atoms with Crippen LogP contribution in [-0.2, 0) is 6.42 Å². The number of nitrogens with one attached hydrogen (secondary N) is 1. The Morgan fingerprint density at radius 2 is 2.08 bits per heavy atom. The number of aromatic nitrogens is 4. The van der Waals surface area contributed by atoms with Crippen molar-refractivity contribution in [1.82, 2.24) is 20.2 Å². The number of amides is 1. The molecule has 1 aliphatic heterocycles. The fraction of sp³-hybridized carbons (Fsp3) is 0.438. The topological polar surface area (TPSA) is 110 Å². The molecule has 0 aromatic carbocycles. The normalized spacial score (nSPS) is 15.3. The first-order valence-electron chi connectivity index (χ1n) is 8.11. The standard InChI is InChI=1S/C16H21N7O/c1-2-11-9-15(19-10-18-11)23-7-5-12(6-8-23)20-14-4-3-13(16(17)24)21-22-14/h3-4,9-10,12H,2,5-8H2,1H3,(H2,17,24)(H,20,22). The van der Waals surface area contributed by atoms with Gasteiger partial charge in [0, 0.05) is 30.9 Å². The number of rotatable bonds is 5. The third kappa shape index (κ3) is 3.76. The van der Waals surface area contributed by atoms with Crippen LogP contribution in [0.5, 0.6) is 0 Å². The van der Waals surface area contributed by atoms with E-state index in [0.29, 0.717) is 11.9 Å². The molecule has 8 heteroatoms. The maximum absolute atomic E-state index is 11.0. The minimum atomic E-state index is -0.571. The lowest BCUT2D eigenvalue weighted by molar-refractivity contribution is 0.0994. The summed E-state index contributed by atoms with van der Waals surface area (Å²) in [7, 11) is 0. The predicted octanol–water partition coefficient (Wildman–Crippen LogP) is 1.01. The fourth-order valence-corrected chi connectivity index (χ4v) is 2.75. The number of primary amides is 1. The summed E-state index contributed by atoms with van der Waals surface area (Å²) < 4.78 is 0. The lowest BCUT2D eigenvalue weighted by Crippen LogP contribution is -2.39. The quantitative estimate of drug-likeness (QED) is 0.843. The largest absolute Gasteiger partial charge is 0.366 e. The van der Waals surface area contributed by atoms with Crippen LogP contribution in [0.2, 0.25) is 0 Å². The number of carbonyl (C=O) groups excluding carboxylic acids is 1. The summed E-state index contributed by atoms with van der Waals surface area (Å²) in [5, 5.41) is 11.2. The van der Waals surface area contributed by atoms with Crippen molar-refractivity contribution < 1.29 is 4.79 Å². The van der Waals surface area contributed by atoms with E-state index >= 15 is 0 Å². The van der Waals surface area contributed by atoms with Crippen LogP contribution in [0.15, 0.2) is 24.5 Å². The van der Waals surface area contributed by atoms with Crippen LogP contribution in [0, 0.1) is 0 Å². The third-order valence-electron chi connectivity index (χ3n) is 4.16.